The minimum Gasteiger partial charge on any atom is -0.493 e. The number of hydrogen-bond acceptors (Lipinski definition) is 1. The van der Waals surface area contributed by atoms with Gasteiger partial charge in [0.15, 0.2) is 0 Å². The normalized spacial score (nSPS) is 14.8. The molecule has 0 aromatic heterocycles. The van der Waals surface area contributed by atoms with Crippen LogP contribution in [0, 0.1) is 0 Å². The summed E-state index contributed by atoms with van der Waals surface area (Å²) in [6.07, 6.45) is 1.96. The number of fused-ring (bicyclic) bond motifs is 1. The summed E-state index contributed by atoms with van der Waals surface area (Å²) in [5, 5.41) is 0.780. The van der Waals surface area contributed by atoms with E-state index in [1.807, 2.05) is 12.1 Å². The molecule has 1 heterocycles. The lowest BCUT2D eigenvalue weighted by Gasteiger charge is -2.18. The van der Waals surface area contributed by atoms with Crippen LogP contribution in [0.2, 0.25) is 5.02 Å². The number of benzene rings is 2. The molecular formula is C17H16BrClO. The van der Waals surface area contributed by atoms with Crippen LogP contribution in [-0.2, 0) is 12.8 Å². The quantitative estimate of drug-likeness (QED) is 0.680. The van der Waals surface area contributed by atoms with Gasteiger partial charge in [-0.25, -0.2) is 0 Å². The van der Waals surface area contributed by atoms with Crippen molar-refractivity contribution in [2.75, 3.05) is 6.61 Å². The van der Waals surface area contributed by atoms with E-state index in [1.165, 1.54) is 16.7 Å². The average Bonchev–Trinajstić information content (AvgIpc) is 2.93. The van der Waals surface area contributed by atoms with E-state index in [2.05, 4.69) is 47.1 Å². The van der Waals surface area contributed by atoms with Gasteiger partial charge in [-0.3, -0.25) is 0 Å². The van der Waals surface area contributed by atoms with Crippen molar-refractivity contribution in [1.82, 2.24) is 0 Å². The zero-order valence-electron chi connectivity index (χ0n) is 11.3. The molecule has 0 bridgehead atoms. The molecule has 0 saturated carbocycles. The van der Waals surface area contributed by atoms with Crippen molar-refractivity contribution in [3.05, 3.63) is 63.7 Å². The highest BCUT2D eigenvalue weighted by Crippen LogP contribution is 2.43. The molecule has 0 spiro atoms. The van der Waals surface area contributed by atoms with Crippen LogP contribution in [0.4, 0.5) is 0 Å². The van der Waals surface area contributed by atoms with Crippen molar-refractivity contribution in [3.63, 3.8) is 0 Å². The summed E-state index contributed by atoms with van der Waals surface area (Å²) in [6, 6.07) is 12.5. The molecule has 1 aliphatic rings. The Morgan fingerprint density at radius 2 is 2.05 bits per heavy atom. The number of aryl methyl sites for hydroxylation is 1. The monoisotopic (exact) mass is 350 g/mol. The lowest BCUT2D eigenvalue weighted by Crippen LogP contribution is -2.00. The van der Waals surface area contributed by atoms with E-state index in [4.69, 9.17) is 16.3 Å². The van der Waals surface area contributed by atoms with Gasteiger partial charge in [0, 0.05) is 17.0 Å². The predicted molar refractivity (Wildman–Crippen MR) is 87.2 cm³/mol. The van der Waals surface area contributed by atoms with Crippen molar-refractivity contribution in [1.29, 1.82) is 0 Å². The molecular weight excluding hydrogens is 336 g/mol. The van der Waals surface area contributed by atoms with Gasteiger partial charge in [0.1, 0.15) is 5.75 Å². The molecule has 1 nitrogen and oxygen atoms in total. The molecule has 1 aliphatic heterocycles. The fourth-order valence-corrected chi connectivity index (χ4v) is 3.79. The molecule has 2 aromatic carbocycles. The largest absolute Gasteiger partial charge is 0.493 e. The summed E-state index contributed by atoms with van der Waals surface area (Å²) < 4.78 is 5.81. The van der Waals surface area contributed by atoms with E-state index in [-0.39, 0.29) is 4.83 Å². The SMILES string of the molecule is CCc1ccccc1C(Br)c1cc(Cl)cc2c1OCC2. The van der Waals surface area contributed by atoms with Gasteiger partial charge in [-0.15, -0.1) is 0 Å². The second kappa shape index (κ2) is 5.79. The van der Waals surface area contributed by atoms with Gasteiger partial charge in [-0.05, 0) is 35.2 Å². The maximum atomic E-state index is 6.26. The molecule has 3 heteroatoms. The van der Waals surface area contributed by atoms with Crippen molar-refractivity contribution >= 4 is 27.5 Å². The summed E-state index contributed by atoms with van der Waals surface area (Å²) in [6.45, 7) is 2.93. The molecule has 0 saturated heterocycles. The fourth-order valence-electron chi connectivity index (χ4n) is 2.76. The van der Waals surface area contributed by atoms with Crippen LogP contribution >= 0.6 is 27.5 Å². The summed E-state index contributed by atoms with van der Waals surface area (Å²) in [5.74, 6) is 1.00. The first kappa shape index (κ1) is 14.0. The van der Waals surface area contributed by atoms with E-state index in [0.29, 0.717) is 0 Å². The van der Waals surface area contributed by atoms with E-state index in [1.54, 1.807) is 0 Å². The van der Waals surface area contributed by atoms with Gasteiger partial charge < -0.3 is 4.74 Å². The van der Waals surface area contributed by atoms with Crippen molar-refractivity contribution in [3.8, 4) is 5.75 Å². The maximum Gasteiger partial charge on any atom is 0.127 e. The lowest BCUT2D eigenvalue weighted by atomic mass is 9.96. The Labute approximate surface area is 133 Å². The molecule has 0 N–H and O–H groups in total. The minimum atomic E-state index is 0.115. The number of hydrogen-bond donors (Lipinski definition) is 0. The van der Waals surface area contributed by atoms with E-state index in [9.17, 15) is 0 Å². The van der Waals surface area contributed by atoms with Crippen LogP contribution in [0.5, 0.6) is 5.75 Å². The maximum absolute atomic E-state index is 6.26. The number of alkyl halides is 1. The van der Waals surface area contributed by atoms with Crippen LogP contribution in [0.25, 0.3) is 0 Å². The standard InChI is InChI=1S/C17H16BrClO/c1-2-11-5-3-4-6-14(11)16(18)15-10-13(19)9-12-7-8-20-17(12)15/h3-6,9-10,16H,2,7-8H2,1H3. The topological polar surface area (TPSA) is 9.23 Å². The van der Waals surface area contributed by atoms with Crippen LogP contribution in [0.1, 0.15) is 34.0 Å². The summed E-state index contributed by atoms with van der Waals surface area (Å²) >= 11 is 10.1. The lowest BCUT2D eigenvalue weighted by molar-refractivity contribution is 0.354. The fraction of sp³-hybridized carbons (Fsp3) is 0.294. The second-order valence-corrected chi connectivity index (χ2v) is 6.35. The third-order valence-corrected chi connectivity index (χ3v) is 4.96. The molecule has 1 unspecified atom stereocenters. The molecule has 2 aromatic rings. The van der Waals surface area contributed by atoms with Crippen molar-refractivity contribution in [2.45, 2.75) is 24.6 Å². The van der Waals surface area contributed by atoms with Crippen LogP contribution in [0.15, 0.2) is 36.4 Å². The number of halogens is 2. The van der Waals surface area contributed by atoms with Gasteiger partial charge in [0.25, 0.3) is 0 Å². The van der Waals surface area contributed by atoms with E-state index < -0.39 is 0 Å². The molecule has 0 aliphatic carbocycles. The molecule has 104 valence electrons. The number of rotatable bonds is 3. The molecule has 1 atom stereocenters. The molecule has 0 amide bonds. The Morgan fingerprint density at radius 1 is 1.25 bits per heavy atom. The Morgan fingerprint density at radius 3 is 2.85 bits per heavy atom. The summed E-state index contributed by atoms with van der Waals surface area (Å²) in [7, 11) is 0. The van der Waals surface area contributed by atoms with Crippen LogP contribution in [-0.4, -0.2) is 6.61 Å². The van der Waals surface area contributed by atoms with Crippen LogP contribution < -0.4 is 4.74 Å². The first-order valence-electron chi connectivity index (χ1n) is 6.87. The molecule has 0 radical (unpaired) electrons. The third kappa shape index (κ3) is 2.47. The van der Waals surface area contributed by atoms with E-state index >= 15 is 0 Å². The van der Waals surface area contributed by atoms with Crippen LogP contribution in [0.3, 0.4) is 0 Å². The highest BCUT2D eigenvalue weighted by Gasteiger charge is 2.24. The second-order valence-electron chi connectivity index (χ2n) is 5.00. The van der Waals surface area contributed by atoms with Gasteiger partial charge in [-0.1, -0.05) is 58.7 Å². The van der Waals surface area contributed by atoms with E-state index in [0.717, 1.165) is 35.8 Å². The number of ether oxygens (including phenoxy) is 1. The van der Waals surface area contributed by atoms with Gasteiger partial charge in [0.05, 0.1) is 11.4 Å². The van der Waals surface area contributed by atoms with Crippen molar-refractivity contribution in [2.24, 2.45) is 0 Å². The Balaban J connectivity index is 2.09. The van der Waals surface area contributed by atoms with Gasteiger partial charge in [0.2, 0.25) is 0 Å². The first-order valence-corrected chi connectivity index (χ1v) is 8.17. The summed E-state index contributed by atoms with van der Waals surface area (Å²) in [4.78, 5) is 0.115. The van der Waals surface area contributed by atoms with Gasteiger partial charge in [-0.2, -0.15) is 0 Å². The average molecular weight is 352 g/mol. The Kier molecular flexibility index (Phi) is 4.04. The molecule has 20 heavy (non-hydrogen) atoms. The smallest absolute Gasteiger partial charge is 0.127 e. The highest BCUT2D eigenvalue weighted by atomic mass is 79.9. The highest BCUT2D eigenvalue weighted by molar-refractivity contribution is 9.09. The zero-order chi connectivity index (χ0) is 14.1. The zero-order valence-corrected chi connectivity index (χ0v) is 13.7. The predicted octanol–water partition coefficient (Wildman–Crippen LogP) is 5.32. The minimum absolute atomic E-state index is 0.115. The third-order valence-electron chi connectivity index (χ3n) is 3.76. The van der Waals surface area contributed by atoms with Crippen molar-refractivity contribution < 1.29 is 4.74 Å². The van der Waals surface area contributed by atoms with Gasteiger partial charge >= 0.3 is 0 Å². The first-order chi connectivity index (χ1) is 9.70. The molecule has 3 rings (SSSR count). The molecule has 0 fully saturated rings. The Hall–Kier alpha value is -0.990. The Bertz CT molecular complexity index is 639. The summed E-state index contributed by atoms with van der Waals surface area (Å²) in [5.41, 5.74) is 4.98.